The van der Waals surface area contributed by atoms with E-state index in [9.17, 15) is 4.79 Å². The molecule has 0 bridgehead atoms. The Balaban J connectivity index is 1.41. The minimum Gasteiger partial charge on any atom is -0.423 e. The van der Waals surface area contributed by atoms with Gasteiger partial charge >= 0.3 is 5.63 Å². The van der Waals surface area contributed by atoms with Crippen LogP contribution in [0.4, 0.5) is 10.8 Å². The summed E-state index contributed by atoms with van der Waals surface area (Å²) in [6, 6.07) is 21.7. The molecule has 3 aromatic carbocycles. The molecule has 30 heavy (non-hydrogen) atoms. The fourth-order valence-corrected chi connectivity index (χ4v) is 5.10. The monoisotopic (exact) mass is 431 g/mol. The minimum atomic E-state index is -0.340. The third-order valence-electron chi connectivity index (χ3n) is 4.77. The topological polar surface area (TPSA) is 68.0 Å². The summed E-state index contributed by atoms with van der Waals surface area (Å²) in [5.41, 5.74) is 3.39. The second kappa shape index (κ2) is 7.93. The number of nitrogens with zero attached hydrogens (tertiary/aromatic N) is 2. The van der Waals surface area contributed by atoms with Crippen molar-refractivity contribution in [1.82, 2.24) is 10.2 Å². The van der Waals surface area contributed by atoms with Gasteiger partial charge in [-0.3, -0.25) is 0 Å². The molecule has 2 heterocycles. The smallest absolute Gasteiger partial charge is 0.336 e. The van der Waals surface area contributed by atoms with Crippen molar-refractivity contribution in [3.8, 4) is 0 Å². The molecule has 0 aliphatic carbocycles. The molecule has 7 heteroatoms. The maximum absolute atomic E-state index is 12.1. The van der Waals surface area contributed by atoms with E-state index in [-0.39, 0.29) is 5.63 Å². The molecule has 0 fully saturated rings. The lowest BCUT2D eigenvalue weighted by molar-refractivity contribution is 0.560. The van der Waals surface area contributed by atoms with Crippen LogP contribution in [0.15, 0.2) is 80.3 Å². The number of aryl methyl sites for hydroxylation is 1. The lowest BCUT2D eigenvalue weighted by Gasteiger charge is -2.07. The highest BCUT2D eigenvalue weighted by Crippen LogP contribution is 2.33. The Labute approximate surface area is 180 Å². The molecule has 5 nitrogen and oxygen atoms in total. The molecule has 1 N–H and O–H groups in total. The number of nitrogens with one attached hydrogen (secondary N) is 1. The van der Waals surface area contributed by atoms with Gasteiger partial charge in [0.05, 0.1) is 0 Å². The van der Waals surface area contributed by atoms with Crippen molar-refractivity contribution < 1.29 is 4.42 Å². The summed E-state index contributed by atoms with van der Waals surface area (Å²) in [4.78, 5) is 12.1. The van der Waals surface area contributed by atoms with Crippen LogP contribution in [0.2, 0.25) is 0 Å². The lowest BCUT2D eigenvalue weighted by Crippen LogP contribution is -2.00. The predicted molar refractivity (Wildman–Crippen MR) is 124 cm³/mol. The zero-order valence-corrected chi connectivity index (χ0v) is 17.7. The molecule has 0 aliphatic rings. The van der Waals surface area contributed by atoms with Crippen molar-refractivity contribution in [3.05, 3.63) is 88.3 Å². The molecule has 5 rings (SSSR count). The summed E-state index contributed by atoms with van der Waals surface area (Å²) >= 11 is 3.06. The van der Waals surface area contributed by atoms with E-state index in [1.165, 1.54) is 16.9 Å². The van der Waals surface area contributed by atoms with Crippen molar-refractivity contribution in [1.29, 1.82) is 0 Å². The summed E-state index contributed by atoms with van der Waals surface area (Å²) in [6.07, 6.45) is 0. The number of fused-ring (bicyclic) bond motifs is 3. The van der Waals surface area contributed by atoms with E-state index in [4.69, 9.17) is 4.42 Å². The van der Waals surface area contributed by atoms with Gasteiger partial charge in [-0.1, -0.05) is 71.1 Å². The Morgan fingerprint density at radius 2 is 1.87 bits per heavy atom. The first-order chi connectivity index (χ1) is 14.7. The van der Waals surface area contributed by atoms with E-state index >= 15 is 0 Å². The van der Waals surface area contributed by atoms with Crippen LogP contribution in [0.5, 0.6) is 0 Å². The third-order valence-corrected chi connectivity index (χ3v) is 6.80. The van der Waals surface area contributed by atoms with Crippen molar-refractivity contribution in [2.24, 2.45) is 0 Å². The highest BCUT2D eigenvalue weighted by atomic mass is 32.2. The van der Waals surface area contributed by atoms with Gasteiger partial charge in [0.1, 0.15) is 5.58 Å². The van der Waals surface area contributed by atoms with Gasteiger partial charge in [-0.2, -0.15) is 0 Å². The number of hydrogen-bond acceptors (Lipinski definition) is 7. The normalized spacial score (nSPS) is 11.2. The van der Waals surface area contributed by atoms with E-state index < -0.39 is 0 Å². The van der Waals surface area contributed by atoms with Gasteiger partial charge in [0.25, 0.3) is 0 Å². The standard InChI is InChI=1S/C23H17N3O2S2/c1-14-6-9-17(10-7-14)24-22-25-26-23(30-22)29-13-16-12-20(27)28-19-11-8-15-4-2-3-5-18(15)21(16)19/h2-12H,13H2,1H3,(H,24,25). The molecule has 0 radical (unpaired) electrons. The summed E-state index contributed by atoms with van der Waals surface area (Å²) < 4.78 is 6.28. The van der Waals surface area contributed by atoms with Crippen LogP contribution in [-0.2, 0) is 5.75 Å². The fraction of sp³-hybridized carbons (Fsp3) is 0.0870. The van der Waals surface area contributed by atoms with Crippen molar-refractivity contribution in [2.45, 2.75) is 17.0 Å². The zero-order valence-electron chi connectivity index (χ0n) is 16.1. The highest BCUT2D eigenvalue weighted by molar-refractivity contribution is 8.00. The Hall–Kier alpha value is -3.16. The van der Waals surface area contributed by atoms with Crippen LogP contribution >= 0.6 is 23.1 Å². The first kappa shape index (κ1) is 18.8. The van der Waals surface area contributed by atoms with Crippen molar-refractivity contribution >= 4 is 55.7 Å². The van der Waals surface area contributed by atoms with Gasteiger partial charge in [-0.05, 0) is 41.5 Å². The summed E-state index contributed by atoms with van der Waals surface area (Å²) in [5, 5.41) is 15.7. The summed E-state index contributed by atoms with van der Waals surface area (Å²) in [5.74, 6) is 0.606. The minimum absolute atomic E-state index is 0.340. The van der Waals surface area contributed by atoms with Crippen LogP contribution in [-0.4, -0.2) is 10.2 Å². The van der Waals surface area contributed by atoms with Crippen molar-refractivity contribution in [2.75, 3.05) is 5.32 Å². The van der Waals surface area contributed by atoms with Crippen molar-refractivity contribution in [3.63, 3.8) is 0 Å². The number of benzene rings is 3. The predicted octanol–water partition coefficient (Wildman–Crippen LogP) is 6.14. The molecule has 0 spiro atoms. The average Bonchev–Trinajstić information content (AvgIpc) is 3.20. The Morgan fingerprint density at radius 3 is 2.73 bits per heavy atom. The summed E-state index contributed by atoms with van der Waals surface area (Å²) in [7, 11) is 0. The molecule has 0 unspecified atom stereocenters. The number of hydrogen-bond donors (Lipinski definition) is 1. The van der Waals surface area contributed by atoms with Crippen LogP contribution in [0.3, 0.4) is 0 Å². The molecule has 0 saturated heterocycles. The van der Waals surface area contributed by atoms with Crippen LogP contribution < -0.4 is 10.9 Å². The molecule has 2 aromatic heterocycles. The van der Waals surface area contributed by atoms with E-state index in [0.29, 0.717) is 11.3 Å². The van der Waals surface area contributed by atoms with Gasteiger partial charge in [0.2, 0.25) is 5.13 Å². The van der Waals surface area contributed by atoms with Gasteiger partial charge in [-0.25, -0.2) is 4.79 Å². The molecule has 148 valence electrons. The van der Waals surface area contributed by atoms with E-state index in [1.807, 2.05) is 36.4 Å². The zero-order chi connectivity index (χ0) is 20.5. The van der Waals surface area contributed by atoms with Crippen LogP contribution in [0, 0.1) is 6.92 Å². The molecule has 0 amide bonds. The maximum Gasteiger partial charge on any atom is 0.336 e. The second-order valence-electron chi connectivity index (χ2n) is 6.90. The quantitative estimate of drug-likeness (QED) is 0.205. The first-order valence-corrected chi connectivity index (χ1v) is 11.2. The molecular weight excluding hydrogens is 414 g/mol. The van der Waals surface area contributed by atoms with E-state index in [1.54, 1.807) is 17.8 Å². The van der Waals surface area contributed by atoms with E-state index in [0.717, 1.165) is 36.9 Å². The third kappa shape index (κ3) is 3.81. The number of rotatable bonds is 5. The number of thioether (sulfide) groups is 1. The van der Waals surface area contributed by atoms with Crippen LogP contribution in [0.25, 0.3) is 21.7 Å². The Bertz CT molecular complexity index is 1410. The molecule has 5 aromatic rings. The number of anilines is 2. The fourth-order valence-electron chi connectivity index (χ4n) is 3.35. The maximum atomic E-state index is 12.1. The van der Waals surface area contributed by atoms with Gasteiger partial charge in [0.15, 0.2) is 4.34 Å². The lowest BCUT2D eigenvalue weighted by atomic mass is 10.0. The average molecular weight is 432 g/mol. The van der Waals surface area contributed by atoms with E-state index in [2.05, 4.69) is 46.7 Å². The second-order valence-corrected chi connectivity index (χ2v) is 9.10. The first-order valence-electron chi connectivity index (χ1n) is 9.40. The van der Waals surface area contributed by atoms with Gasteiger partial charge < -0.3 is 9.73 Å². The SMILES string of the molecule is Cc1ccc(Nc2nnc(SCc3cc(=O)oc4ccc5ccccc5c34)s2)cc1. The largest absolute Gasteiger partial charge is 0.423 e. The highest BCUT2D eigenvalue weighted by Gasteiger charge is 2.12. The molecule has 0 aliphatic heterocycles. The molecule has 0 atom stereocenters. The molecule has 0 saturated carbocycles. The summed E-state index contributed by atoms with van der Waals surface area (Å²) in [6.45, 7) is 2.06. The molecular formula is C23H17N3O2S2. The Kier molecular flexibility index (Phi) is 4.98. The van der Waals surface area contributed by atoms with Gasteiger partial charge in [-0.15, -0.1) is 10.2 Å². The van der Waals surface area contributed by atoms with Gasteiger partial charge in [0, 0.05) is 22.9 Å². The number of aromatic nitrogens is 2. The van der Waals surface area contributed by atoms with Crippen LogP contribution in [0.1, 0.15) is 11.1 Å². The Morgan fingerprint density at radius 1 is 1.03 bits per heavy atom.